The van der Waals surface area contributed by atoms with Crippen LogP contribution in [0, 0.1) is 0 Å². The Bertz CT molecular complexity index is 4390. The summed E-state index contributed by atoms with van der Waals surface area (Å²) in [5, 5.41) is -1.91. The molecule has 434 valence electrons. The molecular formula is C33H26O38S8. The number of hydrogen-bond acceptors (Lipinski definition) is 31. The van der Waals surface area contributed by atoms with E-state index in [9.17, 15) is 105 Å². The fourth-order valence-corrected chi connectivity index (χ4v) is 9.11. The quantitative estimate of drug-likeness (QED) is 0.0305. The van der Waals surface area contributed by atoms with Crippen molar-refractivity contribution in [2.24, 2.45) is 0 Å². The van der Waals surface area contributed by atoms with Gasteiger partial charge in [-0.05, 0) is 36.4 Å². The smallest absolute Gasteiger partial charge is 0.446 e. The SMILES string of the molecule is O=c1c(OS(=O)(=O)O)c(-c2ccc(OS(=O)(=O)O)c(OS(O)(O)O)c2)oc2cc(OS(=O)(=O)O)cc(OCCCOc3cc(OS(=O)(=O)O)cc4oc(-c5ccc(OS(=O)(=O)O)c(OS(=O)(=O)O)c5)c(OS(=O)(=O)O)c(=O)c34)c12. The van der Waals surface area contributed by atoms with Gasteiger partial charge in [-0.2, -0.15) is 58.9 Å². The van der Waals surface area contributed by atoms with Gasteiger partial charge in [0.2, 0.25) is 22.4 Å². The first-order valence-corrected chi connectivity index (χ1v) is 30.1. The predicted molar refractivity (Wildman–Crippen MR) is 253 cm³/mol. The fraction of sp³-hybridized carbons (Fsp3) is 0.0909. The largest absolute Gasteiger partial charge is 0.492 e. The maximum Gasteiger partial charge on any atom is 0.446 e. The zero-order valence-corrected chi connectivity index (χ0v) is 43.6. The summed E-state index contributed by atoms with van der Waals surface area (Å²) in [6.45, 7) is -1.61. The Morgan fingerprint density at radius 2 is 0.671 bits per heavy atom. The molecule has 0 bridgehead atoms. The zero-order valence-electron chi connectivity index (χ0n) is 37.1. The Morgan fingerprint density at radius 1 is 0.354 bits per heavy atom. The standard InChI is InChI=1S/C33H26O38S8/c34-28-26-22(10-16(64-72(36,37)38)12-24(26)62-30(32(28)70-78(54,55)56)14-2-4-18(66-74(42,43)44)20(8-14)68-76(48,49)50)60-6-1-7-61-23-11-17(65-73(39,40)41)13-25-27(23)29(35)33(71-79(57,58)59)31(63-25)15-3-5-19(67-75(45,46)47)21(9-15)69-77(51,52)53/h2-5,8-13,48-50H,1,6-7H2,(H,36,37,38)(H,39,40,41)(H,42,43,44)(H,45,46,47)(H,51,52,53)(H,54,55,56)(H,57,58,59). The van der Waals surface area contributed by atoms with Crippen LogP contribution in [-0.2, 0) is 72.8 Å². The lowest BCUT2D eigenvalue weighted by molar-refractivity contribution is 0.249. The lowest BCUT2D eigenvalue weighted by Gasteiger charge is -2.21. The molecular weight excluding hydrogens is 1260 g/mol. The summed E-state index contributed by atoms with van der Waals surface area (Å²) >= 11 is -5.12. The Hall–Kier alpha value is -7.10. The minimum atomic E-state index is -5.79. The van der Waals surface area contributed by atoms with E-state index in [-0.39, 0.29) is 0 Å². The lowest BCUT2D eigenvalue weighted by Crippen LogP contribution is -2.17. The second-order valence-electron chi connectivity index (χ2n) is 14.3. The third-order valence-corrected chi connectivity index (χ3v) is 11.7. The molecule has 4 aromatic carbocycles. The van der Waals surface area contributed by atoms with E-state index in [1.807, 2.05) is 0 Å². The maximum atomic E-state index is 14.1. The molecule has 0 spiro atoms. The topological polar surface area (TPSA) is 594 Å². The molecule has 0 fully saturated rings. The molecule has 38 nitrogen and oxygen atoms in total. The van der Waals surface area contributed by atoms with Gasteiger partial charge in [-0.1, -0.05) is 0 Å². The van der Waals surface area contributed by atoms with Crippen LogP contribution < -0.4 is 53.8 Å². The van der Waals surface area contributed by atoms with Gasteiger partial charge in [0.15, 0.2) is 46.0 Å². The van der Waals surface area contributed by atoms with Crippen molar-refractivity contribution in [2.75, 3.05) is 13.2 Å². The molecule has 0 atom stereocenters. The summed E-state index contributed by atoms with van der Waals surface area (Å²) in [6.07, 6.45) is -0.551. The average Bonchev–Trinajstić information content (AvgIpc) is 3.23. The van der Waals surface area contributed by atoms with E-state index in [1.165, 1.54) is 0 Å². The van der Waals surface area contributed by atoms with Crippen LogP contribution in [0.25, 0.3) is 44.6 Å². The lowest BCUT2D eigenvalue weighted by atomic mass is 10.1. The van der Waals surface area contributed by atoms with Crippen molar-refractivity contribution in [3.05, 3.63) is 81.1 Å². The van der Waals surface area contributed by atoms with Crippen molar-refractivity contribution < 1.29 is 156 Å². The molecule has 2 aromatic heterocycles. The second kappa shape index (κ2) is 21.9. The Labute approximate surface area is 440 Å². The molecule has 0 aliphatic heterocycles. The molecule has 46 heteroatoms. The number of ether oxygens (including phenoxy) is 2. The van der Waals surface area contributed by atoms with Gasteiger partial charge in [0.25, 0.3) is 11.2 Å². The molecule has 6 aromatic rings. The fourth-order valence-electron chi connectivity index (χ4n) is 6.25. The normalized spacial score (nSPS) is 13.1. The second-order valence-corrected chi connectivity index (χ2v) is 22.5. The third kappa shape index (κ3) is 17.4. The van der Waals surface area contributed by atoms with E-state index < -0.39 is 217 Å². The van der Waals surface area contributed by atoms with Crippen molar-refractivity contribution in [3.8, 4) is 80.1 Å². The first-order valence-electron chi connectivity index (χ1n) is 19.1. The summed E-state index contributed by atoms with van der Waals surface area (Å²) < 4.78 is 315. The molecule has 0 radical (unpaired) electrons. The summed E-state index contributed by atoms with van der Waals surface area (Å²) in [7, 11) is -39.1. The molecule has 79 heavy (non-hydrogen) atoms. The van der Waals surface area contributed by atoms with Gasteiger partial charge in [-0.15, -0.1) is 0 Å². The Balaban J connectivity index is 1.45. The van der Waals surface area contributed by atoms with E-state index >= 15 is 0 Å². The number of hydrogen-bond donors (Lipinski definition) is 10. The molecule has 0 aliphatic rings. The summed E-state index contributed by atoms with van der Waals surface area (Å²) in [6, 6.07) is 5.16. The minimum Gasteiger partial charge on any atom is -0.492 e. The molecule has 2 heterocycles. The predicted octanol–water partition coefficient (Wildman–Crippen LogP) is 1.87. The van der Waals surface area contributed by atoms with Crippen LogP contribution in [0.5, 0.6) is 57.5 Å². The summed E-state index contributed by atoms with van der Waals surface area (Å²) in [4.78, 5) is 28.2. The van der Waals surface area contributed by atoms with Gasteiger partial charge in [0.1, 0.15) is 33.4 Å². The minimum absolute atomic E-state index is 0.349. The third-order valence-electron chi connectivity index (χ3n) is 8.56. The summed E-state index contributed by atoms with van der Waals surface area (Å²) in [5.74, 6) is -14.1. The highest BCUT2D eigenvalue weighted by molar-refractivity contribution is 8.15. The van der Waals surface area contributed by atoms with Crippen LogP contribution in [0.4, 0.5) is 0 Å². The van der Waals surface area contributed by atoms with Gasteiger partial charge < -0.3 is 51.8 Å². The molecule has 0 unspecified atom stereocenters. The van der Waals surface area contributed by atoms with E-state index in [1.54, 1.807) is 0 Å². The van der Waals surface area contributed by atoms with E-state index in [0.717, 1.165) is 0 Å². The highest BCUT2D eigenvalue weighted by Crippen LogP contribution is 2.46. The van der Waals surface area contributed by atoms with Crippen molar-refractivity contribution in [2.45, 2.75) is 6.42 Å². The van der Waals surface area contributed by atoms with Gasteiger partial charge in [-0.25, -0.2) is 0 Å². The van der Waals surface area contributed by atoms with E-state index in [0.29, 0.717) is 60.7 Å². The monoisotopic (exact) mass is 1290 g/mol. The Kier molecular flexibility index (Phi) is 16.9. The zero-order chi connectivity index (χ0) is 59.2. The van der Waals surface area contributed by atoms with Crippen LogP contribution >= 0.6 is 11.2 Å². The average molecular weight is 1290 g/mol. The van der Waals surface area contributed by atoms with Crippen molar-refractivity contribution in [3.63, 3.8) is 0 Å². The van der Waals surface area contributed by atoms with E-state index in [2.05, 4.69) is 33.5 Å². The summed E-state index contributed by atoms with van der Waals surface area (Å²) in [5.41, 5.74) is -6.76. The first-order chi connectivity index (χ1) is 35.9. The number of benzene rings is 4. The van der Waals surface area contributed by atoms with Gasteiger partial charge in [-0.3, -0.25) is 55.1 Å². The maximum absolute atomic E-state index is 14.1. The van der Waals surface area contributed by atoms with Crippen molar-refractivity contribution in [1.82, 2.24) is 0 Å². The molecule has 0 aliphatic carbocycles. The molecule has 0 amide bonds. The van der Waals surface area contributed by atoms with Crippen LogP contribution in [0.15, 0.2) is 79.1 Å². The molecule has 10 N–H and O–H groups in total. The molecule has 6 rings (SSSR count). The Morgan fingerprint density at radius 3 is 0.987 bits per heavy atom. The van der Waals surface area contributed by atoms with Crippen molar-refractivity contribution in [1.29, 1.82) is 0 Å². The van der Waals surface area contributed by atoms with Crippen LogP contribution in [0.2, 0.25) is 0 Å². The number of rotatable bonds is 24. The van der Waals surface area contributed by atoms with Crippen molar-refractivity contribution >= 4 is 106 Å². The highest BCUT2D eigenvalue weighted by Gasteiger charge is 2.31. The van der Waals surface area contributed by atoms with Crippen LogP contribution in [0.3, 0.4) is 0 Å². The molecule has 0 saturated heterocycles. The van der Waals surface area contributed by atoms with E-state index in [4.69, 9.17) is 27.4 Å². The molecule has 0 saturated carbocycles. The van der Waals surface area contributed by atoms with Gasteiger partial charge >= 0.3 is 72.8 Å². The van der Waals surface area contributed by atoms with Crippen LogP contribution in [-0.4, -0.2) is 118 Å². The number of fused-ring (bicyclic) bond motifs is 2. The first kappa shape index (κ1) is 61.1. The highest BCUT2D eigenvalue weighted by atomic mass is 32.3. The van der Waals surface area contributed by atoms with Crippen LogP contribution in [0.1, 0.15) is 6.42 Å². The van der Waals surface area contributed by atoms with Gasteiger partial charge in [0, 0.05) is 41.8 Å². The van der Waals surface area contributed by atoms with Gasteiger partial charge in [0.05, 0.1) is 13.2 Å².